The zero-order valence-electron chi connectivity index (χ0n) is 19.2. The highest BCUT2D eigenvalue weighted by Gasteiger charge is 2.32. The summed E-state index contributed by atoms with van der Waals surface area (Å²) in [5.74, 6) is 1.21. The molecule has 1 fully saturated rings. The summed E-state index contributed by atoms with van der Waals surface area (Å²) in [4.78, 5) is 14.6. The maximum atomic E-state index is 13.2. The number of sulfonamides is 1. The first-order valence-electron chi connectivity index (χ1n) is 10.4. The van der Waals surface area contributed by atoms with Crippen molar-refractivity contribution >= 4 is 16.1 Å². The highest BCUT2D eigenvalue weighted by Crippen LogP contribution is 2.27. The molecule has 0 spiro atoms. The van der Waals surface area contributed by atoms with Gasteiger partial charge in [0.15, 0.2) is 11.5 Å². The Bertz CT molecular complexity index is 1080. The third kappa shape index (κ3) is 4.83. The van der Waals surface area contributed by atoms with E-state index < -0.39 is 10.0 Å². The van der Waals surface area contributed by atoms with E-state index in [0.29, 0.717) is 55.5 Å². The molecule has 0 bridgehead atoms. The Morgan fingerprint density at radius 3 is 2.44 bits per heavy atom. The van der Waals surface area contributed by atoms with Crippen LogP contribution in [0.15, 0.2) is 23.1 Å². The van der Waals surface area contributed by atoms with E-state index in [0.717, 1.165) is 5.56 Å². The van der Waals surface area contributed by atoms with Crippen LogP contribution in [0.1, 0.15) is 23.4 Å². The Balaban J connectivity index is 1.63. The average Bonchev–Trinajstić information content (AvgIpc) is 2.94. The van der Waals surface area contributed by atoms with Crippen molar-refractivity contribution in [3.8, 4) is 11.5 Å². The first kappa shape index (κ1) is 23.9. The minimum Gasteiger partial charge on any atom is -0.493 e. The molecule has 0 saturated carbocycles. The highest BCUT2D eigenvalue weighted by molar-refractivity contribution is 7.89. The van der Waals surface area contributed by atoms with Gasteiger partial charge in [0.25, 0.3) is 0 Å². The standard InChI is InChI=1S/C21H31N5O5S/c1-15-20(16(2)24(3)23-15)32(28,29)26-10-6-9-25(11-12-26)21(27)22-14-17-7-8-18(30-4)19(13-17)31-5/h7-8,13H,6,9-12,14H2,1-5H3,(H,22,27). The molecule has 2 heterocycles. The number of urea groups is 1. The molecule has 32 heavy (non-hydrogen) atoms. The fraction of sp³-hybridized carbons (Fsp3) is 0.524. The lowest BCUT2D eigenvalue weighted by atomic mass is 10.2. The summed E-state index contributed by atoms with van der Waals surface area (Å²) >= 11 is 0. The molecule has 1 aliphatic rings. The topological polar surface area (TPSA) is 106 Å². The molecule has 1 aliphatic heterocycles. The van der Waals surface area contributed by atoms with E-state index in [1.807, 2.05) is 12.1 Å². The van der Waals surface area contributed by atoms with E-state index in [-0.39, 0.29) is 17.5 Å². The molecule has 10 nitrogen and oxygen atoms in total. The monoisotopic (exact) mass is 465 g/mol. The number of nitrogens with zero attached hydrogens (tertiary/aromatic N) is 4. The minimum absolute atomic E-state index is 0.229. The predicted molar refractivity (Wildman–Crippen MR) is 119 cm³/mol. The Labute approximate surface area is 189 Å². The van der Waals surface area contributed by atoms with Gasteiger partial charge in [-0.3, -0.25) is 4.68 Å². The second-order valence-corrected chi connectivity index (χ2v) is 9.59. The molecular weight excluding hydrogens is 434 g/mol. The summed E-state index contributed by atoms with van der Waals surface area (Å²) in [5, 5.41) is 7.14. The van der Waals surface area contributed by atoms with Gasteiger partial charge < -0.3 is 19.7 Å². The molecule has 0 unspecified atom stereocenters. The van der Waals surface area contributed by atoms with Crippen LogP contribution in [0.2, 0.25) is 0 Å². The van der Waals surface area contributed by atoms with Gasteiger partial charge >= 0.3 is 6.03 Å². The number of amides is 2. The fourth-order valence-electron chi connectivity index (χ4n) is 3.87. The molecule has 2 amide bonds. The van der Waals surface area contributed by atoms with Crippen molar-refractivity contribution in [2.45, 2.75) is 31.7 Å². The normalized spacial score (nSPS) is 15.3. The molecule has 3 rings (SSSR count). The van der Waals surface area contributed by atoms with Gasteiger partial charge in [0.05, 0.1) is 25.6 Å². The predicted octanol–water partition coefficient (Wildman–Crippen LogP) is 1.66. The van der Waals surface area contributed by atoms with Gasteiger partial charge in [0.2, 0.25) is 10.0 Å². The van der Waals surface area contributed by atoms with Crippen LogP contribution >= 0.6 is 0 Å². The van der Waals surface area contributed by atoms with Crippen LogP contribution in [0.4, 0.5) is 4.79 Å². The second kappa shape index (κ2) is 9.78. The first-order valence-corrected chi connectivity index (χ1v) is 11.9. The molecule has 1 N–H and O–H groups in total. The lowest BCUT2D eigenvalue weighted by Gasteiger charge is -2.22. The van der Waals surface area contributed by atoms with Crippen molar-refractivity contribution in [3.63, 3.8) is 0 Å². The number of hydrogen-bond donors (Lipinski definition) is 1. The number of methoxy groups -OCH3 is 2. The molecule has 1 saturated heterocycles. The molecule has 176 valence electrons. The summed E-state index contributed by atoms with van der Waals surface area (Å²) in [6, 6.07) is 5.23. The van der Waals surface area contributed by atoms with Crippen LogP contribution in [0.3, 0.4) is 0 Å². The number of benzene rings is 1. The number of nitrogens with one attached hydrogen (secondary N) is 1. The van der Waals surface area contributed by atoms with Gasteiger partial charge in [0.1, 0.15) is 4.90 Å². The molecule has 1 aromatic carbocycles. The van der Waals surface area contributed by atoms with Gasteiger partial charge in [-0.2, -0.15) is 9.40 Å². The molecule has 0 aliphatic carbocycles. The fourth-order valence-corrected chi connectivity index (χ4v) is 5.74. The minimum atomic E-state index is -3.68. The summed E-state index contributed by atoms with van der Waals surface area (Å²) in [5.41, 5.74) is 1.97. The van der Waals surface area contributed by atoms with Crippen LogP contribution < -0.4 is 14.8 Å². The molecule has 11 heteroatoms. The summed E-state index contributed by atoms with van der Waals surface area (Å²) < 4.78 is 40.0. The Kier molecular flexibility index (Phi) is 7.29. The summed E-state index contributed by atoms with van der Waals surface area (Å²) in [7, 11) is 1.18. The van der Waals surface area contributed by atoms with Crippen molar-refractivity contribution in [2.75, 3.05) is 40.4 Å². The lowest BCUT2D eigenvalue weighted by molar-refractivity contribution is 0.200. The number of rotatable bonds is 6. The third-order valence-electron chi connectivity index (χ3n) is 5.67. The maximum Gasteiger partial charge on any atom is 0.317 e. The first-order chi connectivity index (χ1) is 15.2. The molecule has 1 aromatic heterocycles. The van der Waals surface area contributed by atoms with Crippen LogP contribution in [0.25, 0.3) is 0 Å². The number of carbonyl (C=O) groups is 1. The molecule has 0 atom stereocenters. The number of ether oxygens (including phenoxy) is 2. The number of aromatic nitrogens is 2. The molecular formula is C21H31N5O5S. The van der Waals surface area contributed by atoms with E-state index in [9.17, 15) is 13.2 Å². The number of hydrogen-bond acceptors (Lipinski definition) is 6. The molecule has 0 radical (unpaired) electrons. The van der Waals surface area contributed by atoms with Crippen LogP contribution in [-0.4, -0.2) is 73.8 Å². The van der Waals surface area contributed by atoms with Gasteiger partial charge in [-0.15, -0.1) is 0 Å². The quantitative estimate of drug-likeness (QED) is 0.696. The van der Waals surface area contributed by atoms with E-state index in [1.165, 1.54) is 4.31 Å². The summed E-state index contributed by atoms with van der Waals surface area (Å²) in [6.07, 6.45) is 0.557. The Morgan fingerprint density at radius 2 is 1.81 bits per heavy atom. The lowest BCUT2D eigenvalue weighted by Crippen LogP contribution is -2.42. The van der Waals surface area contributed by atoms with Crippen molar-refractivity contribution in [1.29, 1.82) is 0 Å². The van der Waals surface area contributed by atoms with E-state index >= 15 is 0 Å². The van der Waals surface area contributed by atoms with E-state index in [2.05, 4.69) is 10.4 Å². The zero-order chi connectivity index (χ0) is 23.5. The van der Waals surface area contributed by atoms with Crippen LogP contribution in [-0.2, 0) is 23.6 Å². The third-order valence-corrected chi connectivity index (χ3v) is 7.83. The van der Waals surface area contributed by atoms with Crippen molar-refractivity contribution in [2.24, 2.45) is 7.05 Å². The van der Waals surface area contributed by atoms with Gasteiger partial charge in [-0.25, -0.2) is 13.2 Å². The van der Waals surface area contributed by atoms with Gasteiger partial charge in [0, 0.05) is 39.8 Å². The molecule has 2 aromatic rings. The zero-order valence-corrected chi connectivity index (χ0v) is 20.0. The number of aryl methyl sites for hydroxylation is 2. The highest BCUT2D eigenvalue weighted by atomic mass is 32.2. The maximum absolute atomic E-state index is 13.2. The van der Waals surface area contributed by atoms with Gasteiger partial charge in [-0.1, -0.05) is 6.07 Å². The Hall–Kier alpha value is -2.79. The van der Waals surface area contributed by atoms with Crippen molar-refractivity contribution < 1.29 is 22.7 Å². The SMILES string of the molecule is COc1ccc(CNC(=O)N2CCCN(S(=O)(=O)c3c(C)nn(C)c3C)CC2)cc1OC. The largest absolute Gasteiger partial charge is 0.493 e. The van der Waals surface area contributed by atoms with Gasteiger partial charge in [-0.05, 0) is 38.0 Å². The van der Waals surface area contributed by atoms with Crippen molar-refractivity contribution in [3.05, 3.63) is 35.2 Å². The number of carbonyl (C=O) groups excluding carboxylic acids is 1. The van der Waals surface area contributed by atoms with E-state index in [4.69, 9.17) is 9.47 Å². The Morgan fingerprint density at radius 1 is 1.09 bits per heavy atom. The summed E-state index contributed by atoms with van der Waals surface area (Å²) in [6.45, 7) is 5.16. The van der Waals surface area contributed by atoms with Crippen LogP contribution in [0.5, 0.6) is 11.5 Å². The average molecular weight is 466 g/mol. The smallest absolute Gasteiger partial charge is 0.317 e. The van der Waals surface area contributed by atoms with Crippen LogP contribution in [0, 0.1) is 13.8 Å². The second-order valence-electron chi connectivity index (χ2n) is 7.72. The van der Waals surface area contributed by atoms with E-state index in [1.54, 1.807) is 50.8 Å². The van der Waals surface area contributed by atoms with Crippen molar-refractivity contribution in [1.82, 2.24) is 24.3 Å².